The number of hydrogen-bond acceptors (Lipinski definition) is 2. The summed E-state index contributed by atoms with van der Waals surface area (Å²) in [4.78, 5) is 0. The van der Waals surface area contributed by atoms with Gasteiger partial charge in [-0.3, -0.25) is 0 Å². The number of rotatable bonds is 2. The molecule has 0 bridgehead atoms. The minimum absolute atomic E-state index is 0.126. The van der Waals surface area contributed by atoms with Crippen LogP contribution in [-0.2, 0) is 0 Å². The second-order valence-electron chi connectivity index (χ2n) is 4.71. The molecule has 0 aromatic carbocycles. The van der Waals surface area contributed by atoms with E-state index in [-0.39, 0.29) is 6.04 Å². The Hall–Kier alpha value is -0.280. The van der Waals surface area contributed by atoms with Crippen LogP contribution in [0.15, 0.2) is 21.4 Å². The van der Waals surface area contributed by atoms with Crippen molar-refractivity contribution < 1.29 is 4.42 Å². The lowest BCUT2D eigenvalue weighted by Crippen LogP contribution is -2.26. The first-order chi connectivity index (χ1) is 7.18. The molecule has 1 aliphatic carbocycles. The van der Waals surface area contributed by atoms with Crippen molar-refractivity contribution in [3.05, 3.63) is 22.6 Å². The summed E-state index contributed by atoms with van der Waals surface area (Å²) in [5.74, 6) is 1.43. The van der Waals surface area contributed by atoms with E-state index >= 15 is 0 Å². The van der Waals surface area contributed by atoms with E-state index in [4.69, 9.17) is 10.2 Å². The summed E-state index contributed by atoms with van der Waals surface area (Å²) in [5, 5.41) is 0. The molecule has 3 unspecified atom stereocenters. The van der Waals surface area contributed by atoms with Crippen molar-refractivity contribution in [3.8, 4) is 0 Å². The van der Waals surface area contributed by atoms with Crippen LogP contribution in [0.4, 0.5) is 0 Å². The van der Waals surface area contributed by atoms with E-state index in [9.17, 15) is 0 Å². The van der Waals surface area contributed by atoms with Gasteiger partial charge in [-0.25, -0.2) is 0 Å². The van der Waals surface area contributed by atoms with E-state index in [1.807, 2.05) is 6.07 Å². The molecule has 1 saturated carbocycles. The molecular weight excluding hydrogens is 254 g/mol. The highest BCUT2D eigenvalue weighted by Crippen LogP contribution is 2.38. The zero-order valence-corrected chi connectivity index (χ0v) is 10.7. The molecule has 2 rings (SSSR count). The van der Waals surface area contributed by atoms with Crippen LogP contribution in [0.1, 0.15) is 44.2 Å². The highest BCUT2D eigenvalue weighted by Gasteiger charge is 2.27. The standard InChI is InChI=1S/C12H18BrNO/c1-8-3-2-4-9(7-8)11(14)10-5-6-15-12(10)13/h5-6,8-9,11H,2-4,7,14H2,1H3. The predicted octanol–water partition coefficient (Wildman–Crippen LogP) is 3.87. The van der Waals surface area contributed by atoms with Gasteiger partial charge in [-0.2, -0.15) is 0 Å². The Morgan fingerprint density at radius 2 is 2.33 bits per heavy atom. The number of furan rings is 1. The molecule has 0 aliphatic heterocycles. The van der Waals surface area contributed by atoms with Gasteiger partial charge in [-0.1, -0.05) is 19.8 Å². The highest BCUT2D eigenvalue weighted by molar-refractivity contribution is 9.10. The summed E-state index contributed by atoms with van der Waals surface area (Å²) in [6.45, 7) is 2.32. The fourth-order valence-electron chi connectivity index (χ4n) is 2.60. The van der Waals surface area contributed by atoms with Gasteiger partial charge in [0.15, 0.2) is 4.67 Å². The van der Waals surface area contributed by atoms with Crippen LogP contribution in [0.2, 0.25) is 0 Å². The van der Waals surface area contributed by atoms with Crippen LogP contribution in [0.25, 0.3) is 0 Å². The van der Waals surface area contributed by atoms with Gasteiger partial charge >= 0.3 is 0 Å². The highest BCUT2D eigenvalue weighted by atomic mass is 79.9. The zero-order valence-electron chi connectivity index (χ0n) is 9.08. The molecule has 0 spiro atoms. The normalized spacial score (nSPS) is 29.0. The van der Waals surface area contributed by atoms with Crippen molar-refractivity contribution in [1.82, 2.24) is 0 Å². The molecule has 1 fully saturated rings. The molecule has 15 heavy (non-hydrogen) atoms. The summed E-state index contributed by atoms with van der Waals surface area (Å²) in [7, 11) is 0. The van der Waals surface area contributed by atoms with Crippen LogP contribution < -0.4 is 5.73 Å². The Kier molecular flexibility index (Phi) is 3.52. The van der Waals surface area contributed by atoms with Crippen molar-refractivity contribution in [2.45, 2.75) is 38.6 Å². The first-order valence-corrected chi connectivity index (χ1v) is 6.46. The van der Waals surface area contributed by atoms with Crippen molar-refractivity contribution in [2.24, 2.45) is 17.6 Å². The fourth-order valence-corrected chi connectivity index (χ4v) is 3.11. The average Bonchev–Trinajstić information content (AvgIpc) is 2.63. The number of hydrogen-bond donors (Lipinski definition) is 1. The Bertz CT molecular complexity index is 323. The van der Waals surface area contributed by atoms with E-state index < -0.39 is 0 Å². The molecule has 0 radical (unpaired) electrons. The van der Waals surface area contributed by atoms with Gasteiger partial charge in [-0.05, 0) is 46.7 Å². The molecule has 0 saturated heterocycles. The monoisotopic (exact) mass is 271 g/mol. The summed E-state index contributed by atoms with van der Waals surface area (Å²) >= 11 is 3.40. The molecule has 1 aliphatic rings. The van der Waals surface area contributed by atoms with Crippen molar-refractivity contribution in [3.63, 3.8) is 0 Å². The Morgan fingerprint density at radius 3 is 2.93 bits per heavy atom. The maximum absolute atomic E-state index is 6.29. The maximum atomic E-state index is 6.29. The maximum Gasteiger partial charge on any atom is 0.173 e. The third-order valence-corrected chi connectivity index (χ3v) is 4.13. The third-order valence-electron chi connectivity index (χ3n) is 3.49. The zero-order chi connectivity index (χ0) is 10.8. The molecule has 0 amide bonds. The molecule has 2 nitrogen and oxygen atoms in total. The van der Waals surface area contributed by atoms with Crippen LogP contribution in [0.3, 0.4) is 0 Å². The molecule has 1 heterocycles. The molecule has 3 heteroatoms. The van der Waals surface area contributed by atoms with Gasteiger partial charge < -0.3 is 10.2 Å². The lowest BCUT2D eigenvalue weighted by molar-refractivity contribution is 0.247. The summed E-state index contributed by atoms with van der Waals surface area (Å²) < 4.78 is 6.04. The van der Waals surface area contributed by atoms with Gasteiger partial charge in [-0.15, -0.1) is 0 Å². The fraction of sp³-hybridized carbons (Fsp3) is 0.667. The molecule has 84 valence electrons. The van der Waals surface area contributed by atoms with E-state index in [1.54, 1.807) is 6.26 Å². The van der Waals surface area contributed by atoms with E-state index in [0.717, 1.165) is 16.2 Å². The molecular formula is C12H18BrNO. The van der Waals surface area contributed by atoms with Crippen LogP contribution in [0, 0.1) is 11.8 Å². The Balaban J connectivity index is 2.07. The first-order valence-electron chi connectivity index (χ1n) is 5.67. The number of nitrogens with two attached hydrogens (primary N) is 1. The number of halogens is 1. The smallest absolute Gasteiger partial charge is 0.173 e. The van der Waals surface area contributed by atoms with Crippen molar-refractivity contribution >= 4 is 15.9 Å². The van der Waals surface area contributed by atoms with E-state index in [0.29, 0.717) is 5.92 Å². The SMILES string of the molecule is CC1CCCC(C(N)c2ccoc2Br)C1. The average molecular weight is 272 g/mol. The van der Waals surface area contributed by atoms with E-state index in [2.05, 4.69) is 22.9 Å². The largest absolute Gasteiger partial charge is 0.457 e. The van der Waals surface area contributed by atoms with Crippen molar-refractivity contribution in [2.75, 3.05) is 0 Å². The molecule has 1 aromatic rings. The van der Waals surface area contributed by atoms with Gasteiger partial charge in [0.05, 0.1) is 6.26 Å². The van der Waals surface area contributed by atoms with Gasteiger partial charge in [0.2, 0.25) is 0 Å². The Morgan fingerprint density at radius 1 is 1.53 bits per heavy atom. The summed E-state index contributed by atoms with van der Waals surface area (Å²) in [5.41, 5.74) is 7.41. The first kappa shape index (κ1) is 11.2. The topological polar surface area (TPSA) is 39.2 Å². The molecule has 3 atom stereocenters. The van der Waals surface area contributed by atoms with Gasteiger partial charge in [0.1, 0.15) is 0 Å². The summed E-state index contributed by atoms with van der Waals surface area (Å²) in [6, 6.07) is 2.11. The predicted molar refractivity (Wildman–Crippen MR) is 64.5 cm³/mol. The second-order valence-corrected chi connectivity index (χ2v) is 5.43. The molecule has 1 aromatic heterocycles. The van der Waals surface area contributed by atoms with Crippen LogP contribution in [-0.4, -0.2) is 0 Å². The van der Waals surface area contributed by atoms with Crippen LogP contribution >= 0.6 is 15.9 Å². The van der Waals surface area contributed by atoms with Crippen LogP contribution in [0.5, 0.6) is 0 Å². The summed E-state index contributed by atoms with van der Waals surface area (Å²) in [6.07, 6.45) is 6.87. The minimum atomic E-state index is 0.126. The lowest BCUT2D eigenvalue weighted by atomic mass is 9.77. The second kappa shape index (κ2) is 4.71. The van der Waals surface area contributed by atoms with Gasteiger partial charge in [0.25, 0.3) is 0 Å². The van der Waals surface area contributed by atoms with Gasteiger partial charge in [0, 0.05) is 11.6 Å². The third kappa shape index (κ3) is 2.45. The quantitative estimate of drug-likeness (QED) is 0.887. The Labute approximate surface area is 99.3 Å². The van der Waals surface area contributed by atoms with E-state index in [1.165, 1.54) is 25.7 Å². The van der Waals surface area contributed by atoms with Crippen molar-refractivity contribution in [1.29, 1.82) is 0 Å². The lowest BCUT2D eigenvalue weighted by Gasteiger charge is -2.30. The minimum Gasteiger partial charge on any atom is -0.457 e. The molecule has 2 N–H and O–H groups in total.